The van der Waals surface area contributed by atoms with E-state index in [1.165, 1.54) is 19.3 Å². The highest BCUT2D eigenvalue weighted by Gasteiger charge is 2.45. The molecule has 17 heavy (non-hydrogen) atoms. The maximum atomic E-state index is 14.0. The summed E-state index contributed by atoms with van der Waals surface area (Å²) in [6.07, 6.45) is 3.91. The fourth-order valence-corrected chi connectivity index (χ4v) is 4.04. The smallest absolute Gasteiger partial charge is 0.103 e. The van der Waals surface area contributed by atoms with Gasteiger partial charge in [-0.25, -0.2) is 4.39 Å². The van der Waals surface area contributed by atoms with Gasteiger partial charge in [0.2, 0.25) is 0 Å². The van der Waals surface area contributed by atoms with Gasteiger partial charge in [-0.05, 0) is 41.9 Å². The molecule has 0 radical (unpaired) electrons. The molecule has 1 saturated carbocycles. The van der Waals surface area contributed by atoms with Crippen LogP contribution in [0.25, 0.3) is 0 Å². The van der Waals surface area contributed by atoms with Crippen LogP contribution in [0, 0.1) is 29.1 Å². The Labute approximate surface area is 107 Å². The average Bonchev–Trinajstić information content (AvgIpc) is 2.68. The highest BCUT2D eigenvalue weighted by Crippen LogP contribution is 2.52. The molecular weight excluding hydrogens is 211 g/mol. The van der Waals surface area contributed by atoms with Crippen LogP contribution >= 0.6 is 0 Å². The van der Waals surface area contributed by atoms with Crippen molar-refractivity contribution in [3.8, 4) is 0 Å². The van der Waals surface area contributed by atoms with E-state index in [1.54, 1.807) is 0 Å². The van der Waals surface area contributed by atoms with Crippen LogP contribution < -0.4 is 0 Å². The Bertz CT molecular complexity index is 234. The predicted molar refractivity (Wildman–Crippen MR) is 73.8 cm³/mol. The molecule has 0 aromatic carbocycles. The molecule has 0 spiro atoms. The first-order valence-corrected chi connectivity index (χ1v) is 7.50. The van der Waals surface area contributed by atoms with Crippen molar-refractivity contribution in [3.63, 3.8) is 0 Å². The van der Waals surface area contributed by atoms with E-state index in [2.05, 4.69) is 34.6 Å². The molecule has 1 heteroatoms. The molecule has 0 nitrogen and oxygen atoms in total. The maximum absolute atomic E-state index is 14.0. The molecule has 0 aromatic heterocycles. The summed E-state index contributed by atoms with van der Waals surface area (Å²) in [5, 5.41) is 0. The number of hydrogen-bond acceptors (Lipinski definition) is 0. The van der Waals surface area contributed by atoms with Crippen LogP contribution in [0.5, 0.6) is 0 Å². The van der Waals surface area contributed by atoms with Crippen molar-refractivity contribution in [1.29, 1.82) is 0 Å². The van der Waals surface area contributed by atoms with E-state index in [-0.39, 0.29) is 11.3 Å². The van der Waals surface area contributed by atoms with E-state index in [0.29, 0.717) is 12.3 Å². The minimum Gasteiger partial charge on any atom is -0.247 e. The zero-order valence-electron chi connectivity index (χ0n) is 12.6. The molecule has 1 rings (SSSR count). The van der Waals surface area contributed by atoms with E-state index in [0.717, 1.165) is 11.8 Å². The third-order valence-electron chi connectivity index (χ3n) is 5.71. The summed E-state index contributed by atoms with van der Waals surface area (Å²) in [6, 6.07) is 0. The van der Waals surface area contributed by atoms with Crippen molar-refractivity contribution in [2.45, 2.75) is 73.4 Å². The van der Waals surface area contributed by atoms with Gasteiger partial charge in [-0.1, -0.05) is 54.4 Å². The lowest BCUT2D eigenvalue weighted by atomic mass is 9.63. The Morgan fingerprint density at radius 1 is 1.24 bits per heavy atom. The zero-order chi connectivity index (χ0) is 13.2. The van der Waals surface area contributed by atoms with Gasteiger partial charge in [0, 0.05) is 0 Å². The van der Waals surface area contributed by atoms with Crippen LogP contribution in [-0.2, 0) is 0 Å². The van der Waals surface area contributed by atoms with Crippen molar-refractivity contribution in [2.75, 3.05) is 0 Å². The molecule has 0 aromatic rings. The second-order valence-corrected chi connectivity index (χ2v) is 6.77. The summed E-state index contributed by atoms with van der Waals surface area (Å²) in [4.78, 5) is 0. The van der Waals surface area contributed by atoms with Gasteiger partial charge in [-0.15, -0.1) is 0 Å². The van der Waals surface area contributed by atoms with Crippen molar-refractivity contribution in [1.82, 2.24) is 0 Å². The molecule has 0 heterocycles. The van der Waals surface area contributed by atoms with Gasteiger partial charge in [0.05, 0.1) is 0 Å². The fraction of sp³-hybridized carbons (Fsp3) is 1.00. The van der Waals surface area contributed by atoms with E-state index in [4.69, 9.17) is 0 Å². The van der Waals surface area contributed by atoms with Crippen LogP contribution in [0.3, 0.4) is 0 Å². The lowest BCUT2D eigenvalue weighted by molar-refractivity contribution is 0.0322. The van der Waals surface area contributed by atoms with Crippen LogP contribution in [0.2, 0.25) is 0 Å². The summed E-state index contributed by atoms with van der Waals surface area (Å²) < 4.78 is 14.0. The highest BCUT2D eigenvalue weighted by atomic mass is 19.1. The third-order valence-corrected chi connectivity index (χ3v) is 5.71. The zero-order valence-corrected chi connectivity index (χ0v) is 12.6. The molecule has 0 bridgehead atoms. The van der Waals surface area contributed by atoms with Gasteiger partial charge in [-0.2, -0.15) is 0 Å². The largest absolute Gasteiger partial charge is 0.247 e. The Hall–Kier alpha value is -0.0700. The summed E-state index contributed by atoms with van der Waals surface area (Å²) in [6.45, 7) is 13.3. The lowest BCUT2D eigenvalue weighted by Gasteiger charge is -2.42. The van der Waals surface area contributed by atoms with Gasteiger partial charge < -0.3 is 0 Å². The van der Waals surface area contributed by atoms with E-state index >= 15 is 0 Å². The molecule has 5 atom stereocenters. The first-order chi connectivity index (χ1) is 7.86. The number of hydrogen-bond donors (Lipinski definition) is 0. The van der Waals surface area contributed by atoms with Crippen molar-refractivity contribution in [2.24, 2.45) is 29.1 Å². The minimum atomic E-state index is -0.640. The van der Waals surface area contributed by atoms with Crippen molar-refractivity contribution in [3.05, 3.63) is 0 Å². The molecule has 0 amide bonds. The fourth-order valence-electron chi connectivity index (χ4n) is 4.04. The Balaban J connectivity index is 2.82. The van der Waals surface area contributed by atoms with Crippen LogP contribution in [0.15, 0.2) is 0 Å². The van der Waals surface area contributed by atoms with Crippen molar-refractivity contribution < 1.29 is 4.39 Å². The molecule has 1 aliphatic rings. The highest BCUT2D eigenvalue weighted by molar-refractivity contribution is 4.94. The van der Waals surface area contributed by atoms with Gasteiger partial charge in [0.1, 0.15) is 6.17 Å². The maximum Gasteiger partial charge on any atom is 0.103 e. The second kappa shape index (κ2) is 5.71. The van der Waals surface area contributed by atoms with Gasteiger partial charge in [-0.3, -0.25) is 0 Å². The number of alkyl halides is 1. The Morgan fingerprint density at radius 3 is 2.29 bits per heavy atom. The van der Waals surface area contributed by atoms with Gasteiger partial charge in [0.15, 0.2) is 0 Å². The predicted octanol–water partition coefficient (Wildman–Crippen LogP) is 5.47. The average molecular weight is 242 g/mol. The standard InChI is InChI=1S/C16H31F/c1-7-13-11(3)9-10-14(13)16(5,6)12(4)15(17)8-2/h11-15H,7-10H2,1-6H3/t11?,12?,13-,14?,15?/m0/s1. The van der Waals surface area contributed by atoms with Crippen LogP contribution in [0.1, 0.15) is 67.2 Å². The minimum absolute atomic E-state index is 0.140. The quantitative estimate of drug-likeness (QED) is 0.599. The van der Waals surface area contributed by atoms with Crippen LogP contribution in [-0.4, -0.2) is 6.17 Å². The molecule has 1 aliphatic carbocycles. The topological polar surface area (TPSA) is 0 Å². The second-order valence-electron chi connectivity index (χ2n) is 6.77. The number of rotatable bonds is 5. The SMILES string of the molecule is CCC(F)C(C)C(C)(C)C1CCC(C)[C@@H]1CC. The first-order valence-electron chi connectivity index (χ1n) is 7.50. The summed E-state index contributed by atoms with van der Waals surface area (Å²) in [7, 11) is 0. The Kier molecular flexibility index (Phi) is 5.04. The van der Waals surface area contributed by atoms with E-state index in [9.17, 15) is 4.39 Å². The Morgan fingerprint density at radius 2 is 1.82 bits per heavy atom. The molecule has 4 unspecified atom stereocenters. The molecule has 1 fully saturated rings. The van der Waals surface area contributed by atoms with Crippen LogP contribution in [0.4, 0.5) is 4.39 Å². The number of halogens is 1. The van der Waals surface area contributed by atoms with Gasteiger partial charge >= 0.3 is 0 Å². The lowest BCUT2D eigenvalue weighted by Crippen LogP contribution is -2.38. The monoisotopic (exact) mass is 242 g/mol. The molecule has 0 saturated heterocycles. The third kappa shape index (κ3) is 2.85. The summed E-state index contributed by atoms with van der Waals surface area (Å²) in [5.74, 6) is 2.52. The van der Waals surface area contributed by atoms with E-state index < -0.39 is 6.17 Å². The van der Waals surface area contributed by atoms with Gasteiger partial charge in [0.25, 0.3) is 0 Å². The van der Waals surface area contributed by atoms with E-state index in [1.807, 2.05) is 6.92 Å². The molecule has 102 valence electrons. The summed E-state index contributed by atoms with van der Waals surface area (Å²) in [5.41, 5.74) is 0.140. The molecule has 0 N–H and O–H groups in total. The van der Waals surface area contributed by atoms with Crippen molar-refractivity contribution >= 4 is 0 Å². The normalized spacial score (nSPS) is 33.7. The molecule has 0 aliphatic heterocycles. The first kappa shape index (κ1) is 15.0. The molecular formula is C16H31F. The summed E-state index contributed by atoms with van der Waals surface area (Å²) >= 11 is 0.